The van der Waals surface area contributed by atoms with Crippen molar-refractivity contribution in [3.63, 3.8) is 0 Å². The summed E-state index contributed by atoms with van der Waals surface area (Å²) in [5, 5.41) is 51.2. The third-order valence-corrected chi connectivity index (χ3v) is 1.97. The van der Waals surface area contributed by atoms with Gasteiger partial charge in [-0.25, -0.2) is 0 Å². The summed E-state index contributed by atoms with van der Waals surface area (Å²) in [6, 6.07) is 0. The molecule has 9 nitrogen and oxygen atoms in total. The van der Waals surface area contributed by atoms with Gasteiger partial charge in [0.25, 0.3) is 0 Å². The van der Waals surface area contributed by atoms with E-state index >= 15 is 0 Å². The summed E-state index contributed by atoms with van der Waals surface area (Å²) in [7, 11) is 0. The second-order valence-electron chi connectivity index (χ2n) is 4.20. The number of aliphatic hydroxyl groups excluding tert-OH is 4. The maximum absolute atomic E-state index is 9.00. The van der Waals surface area contributed by atoms with Crippen molar-refractivity contribution < 1.29 is 44.9 Å². The fraction of sp³-hybridized carbons (Fsp3) is 0.667. The molecule has 0 aromatic rings. The molecule has 0 radical (unpaired) electrons. The molecule has 0 saturated carbocycles. The second kappa shape index (κ2) is 23.8. The largest absolute Gasteiger partial charge is 0.652 e. The molecular formula is C15H28O9-2. The minimum absolute atomic E-state index is 0.000803. The number of ether oxygens (including phenoxy) is 2. The van der Waals surface area contributed by atoms with E-state index in [1.165, 1.54) is 0 Å². The second-order valence-corrected chi connectivity index (χ2v) is 4.20. The van der Waals surface area contributed by atoms with Gasteiger partial charge in [0, 0.05) is 0 Å². The standard InChI is InChI=1S/2C7H14O3.CH2O3/c2*1-2-3-7(9)6-10-5-4-8;2-1(3)4/h2*2,7-9H,1,3-6H2;(H2,2,3,4)/p-2. The number of hydrogen-bond acceptors (Lipinski definition) is 9. The average Bonchev–Trinajstić information content (AvgIpc) is 2.48. The molecule has 0 rings (SSSR count). The first-order valence-electron chi connectivity index (χ1n) is 7.18. The highest BCUT2D eigenvalue weighted by molar-refractivity contribution is 5.47. The van der Waals surface area contributed by atoms with E-state index in [4.69, 9.17) is 44.9 Å². The van der Waals surface area contributed by atoms with Crippen molar-refractivity contribution in [2.45, 2.75) is 25.0 Å². The predicted octanol–water partition coefficient (Wildman–Crippen LogP) is -2.58. The van der Waals surface area contributed by atoms with E-state index in [9.17, 15) is 0 Å². The topological polar surface area (TPSA) is 163 Å². The molecule has 0 fully saturated rings. The number of carbonyl (C=O) groups is 1. The normalized spacial score (nSPS) is 11.8. The number of carboxylic acid groups (broad SMARTS) is 2. The molecule has 2 atom stereocenters. The molecule has 0 heterocycles. The van der Waals surface area contributed by atoms with Gasteiger partial charge in [0.05, 0.1) is 51.8 Å². The lowest BCUT2D eigenvalue weighted by atomic mass is 10.3. The number of carbonyl (C=O) groups excluding carboxylic acids is 1. The van der Waals surface area contributed by atoms with E-state index in [2.05, 4.69) is 13.2 Å². The van der Waals surface area contributed by atoms with Crippen LogP contribution in [-0.2, 0) is 9.47 Å². The third kappa shape index (κ3) is 37.1. The average molecular weight is 352 g/mol. The van der Waals surface area contributed by atoms with Gasteiger partial charge in [-0.05, 0) is 19.0 Å². The van der Waals surface area contributed by atoms with Crippen LogP contribution in [0.2, 0.25) is 0 Å². The molecule has 0 saturated heterocycles. The molecule has 4 N–H and O–H groups in total. The maximum Gasteiger partial charge on any atom is 0.0807 e. The van der Waals surface area contributed by atoms with Gasteiger partial charge in [-0.3, -0.25) is 0 Å². The van der Waals surface area contributed by atoms with Crippen molar-refractivity contribution in [1.82, 2.24) is 0 Å². The number of hydrogen-bond donors (Lipinski definition) is 4. The van der Waals surface area contributed by atoms with Crippen molar-refractivity contribution in [1.29, 1.82) is 0 Å². The lowest BCUT2D eigenvalue weighted by Gasteiger charge is -2.06. The lowest BCUT2D eigenvalue weighted by molar-refractivity contribution is -0.415. The minimum atomic E-state index is -2.33. The van der Waals surface area contributed by atoms with E-state index in [-0.39, 0.29) is 39.6 Å². The first-order valence-corrected chi connectivity index (χ1v) is 7.18. The van der Waals surface area contributed by atoms with Crippen LogP contribution < -0.4 is 10.2 Å². The summed E-state index contributed by atoms with van der Waals surface area (Å²) >= 11 is 0. The van der Waals surface area contributed by atoms with E-state index in [1.807, 2.05) is 0 Å². The van der Waals surface area contributed by atoms with Crippen LogP contribution in [0.5, 0.6) is 0 Å². The summed E-state index contributed by atoms with van der Waals surface area (Å²) in [4.78, 5) is 8.33. The Morgan fingerprint density at radius 1 is 0.917 bits per heavy atom. The molecule has 24 heavy (non-hydrogen) atoms. The first-order chi connectivity index (χ1) is 11.3. The first kappa shape index (κ1) is 27.4. The Labute approximate surface area is 142 Å². The predicted molar refractivity (Wildman–Crippen MR) is 82.8 cm³/mol. The summed E-state index contributed by atoms with van der Waals surface area (Å²) in [6.07, 6.45) is 1.03. The molecule has 0 spiro atoms. The molecular weight excluding hydrogens is 324 g/mol. The van der Waals surface area contributed by atoms with Gasteiger partial charge in [-0.15, -0.1) is 13.2 Å². The van der Waals surface area contributed by atoms with Gasteiger partial charge >= 0.3 is 0 Å². The summed E-state index contributed by atoms with van der Waals surface area (Å²) in [5.74, 6) is 0. The maximum atomic E-state index is 9.00. The fourth-order valence-electron chi connectivity index (χ4n) is 1.09. The van der Waals surface area contributed by atoms with E-state index in [0.717, 1.165) is 0 Å². The van der Waals surface area contributed by atoms with E-state index in [1.54, 1.807) is 12.2 Å². The summed E-state index contributed by atoms with van der Waals surface area (Å²) in [5.41, 5.74) is 0. The van der Waals surface area contributed by atoms with Crippen LogP contribution >= 0.6 is 0 Å². The Kier molecular flexibility index (Phi) is 27.1. The van der Waals surface area contributed by atoms with Crippen molar-refractivity contribution in [2.75, 3.05) is 39.6 Å². The van der Waals surface area contributed by atoms with Crippen LogP contribution in [0, 0.1) is 0 Å². The van der Waals surface area contributed by atoms with Gasteiger partial charge in [0.15, 0.2) is 0 Å². The SMILES string of the molecule is C=CCC(O)COCCO.C=CCC(O)COCCO.O=C([O-])[O-]. The Morgan fingerprint density at radius 3 is 1.42 bits per heavy atom. The molecule has 2 unspecified atom stereocenters. The number of aliphatic hydroxyl groups is 4. The molecule has 0 bridgehead atoms. The molecule has 0 aromatic carbocycles. The van der Waals surface area contributed by atoms with Crippen molar-refractivity contribution >= 4 is 6.16 Å². The molecule has 0 aromatic heterocycles. The zero-order chi connectivity index (χ0) is 19.2. The zero-order valence-corrected chi connectivity index (χ0v) is 13.7. The Hall–Kier alpha value is -1.49. The highest BCUT2D eigenvalue weighted by atomic mass is 16.6. The van der Waals surface area contributed by atoms with Gasteiger partial charge < -0.3 is 44.9 Å². The quantitative estimate of drug-likeness (QED) is 0.218. The van der Waals surface area contributed by atoms with Crippen molar-refractivity contribution in [2.24, 2.45) is 0 Å². The lowest BCUT2D eigenvalue weighted by Crippen LogP contribution is -2.37. The monoisotopic (exact) mass is 352 g/mol. The molecule has 0 aliphatic rings. The van der Waals surface area contributed by atoms with Gasteiger partial charge in [-0.1, -0.05) is 12.2 Å². The van der Waals surface area contributed by atoms with Gasteiger partial charge in [0.1, 0.15) is 0 Å². The van der Waals surface area contributed by atoms with Crippen LogP contribution in [0.4, 0.5) is 4.79 Å². The van der Waals surface area contributed by atoms with Crippen molar-refractivity contribution in [3.8, 4) is 0 Å². The van der Waals surface area contributed by atoms with Crippen LogP contribution in [0.25, 0.3) is 0 Å². The van der Waals surface area contributed by atoms with Crippen molar-refractivity contribution in [3.05, 3.63) is 25.3 Å². The third-order valence-electron chi connectivity index (χ3n) is 1.97. The smallest absolute Gasteiger partial charge is 0.0807 e. The minimum Gasteiger partial charge on any atom is -0.652 e. The molecule has 0 aliphatic heterocycles. The molecule has 9 heteroatoms. The molecule has 0 amide bonds. The highest BCUT2D eigenvalue weighted by Gasteiger charge is 2.00. The molecule has 144 valence electrons. The fourth-order valence-corrected chi connectivity index (χ4v) is 1.09. The Bertz CT molecular complexity index is 258. The summed E-state index contributed by atoms with van der Waals surface area (Å²) in [6.45, 7) is 8.04. The highest BCUT2D eigenvalue weighted by Crippen LogP contribution is 1.92. The van der Waals surface area contributed by atoms with Crippen LogP contribution in [-0.4, -0.2) is 78.4 Å². The van der Waals surface area contributed by atoms with E-state index in [0.29, 0.717) is 12.8 Å². The summed E-state index contributed by atoms with van der Waals surface area (Å²) < 4.78 is 9.70. The van der Waals surface area contributed by atoms with Gasteiger partial charge in [-0.2, -0.15) is 0 Å². The van der Waals surface area contributed by atoms with E-state index < -0.39 is 18.4 Å². The van der Waals surface area contributed by atoms with Gasteiger partial charge in [0.2, 0.25) is 0 Å². The Morgan fingerprint density at radius 2 is 1.21 bits per heavy atom. The number of rotatable bonds is 12. The zero-order valence-electron chi connectivity index (χ0n) is 13.7. The molecule has 0 aliphatic carbocycles. The van der Waals surface area contributed by atoms with Crippen LogP contribution in [0.15, 0.2) is 25.3 Å². The van der Waals surface area contributed by atoms with Crippen LogP contribution in [0.3, 0.4) is 0 Å². The Balaban J connectivity index is -0.000000301. The van der Waals surface area contributed by atoms with Crippen LogP contribution in [0.1, 0.15) is 12.8 Å².